The van der Waals surface area contributed by atoms with Gasteiger partial charge in [0.2, 0.25) is 10.0 Å². The molecule has 0 atom stereocenters. The lowest BCUT2D eigenvalue weighted by Gasteiger charge is -2.26. The van der Waals surface area contributed by atoms with E-state index in [0.29, 0.717) is 0 Å². The summed E-state index contributed by atoms with van der Waals surface area (Å²) in [6.07, 6.45) is 3.36. The highest BCUT2D eigenvalue weighted by atomic mass is 35.5. The molecular weight excluding hydrogens is 315 g/mol. The first kappa shape index (κ1) is 16.2. The van der Waals surface area contributed by atoms with Gasteiger partial charge in [-0.15, -0.1) is 0 Å². The summed E-state index contributed by atoms with van der Waals surface area (Å²) in [4.78, 5) is -0.134. The minimum absolute atomic E-state index is 0.134. The van der Waals surface area contributed by atoms with Crippen LogP contribution in [-0.4, -0.2) is 25.3 Å². The van der Waals surface area contributed by atoms with Gasteiger partial charge in [-0.1, -0.05) is 24.4 Å². The number of sulfonamides is 1. The number of hydrogen-bond acceptors (Lipinski definition) is 3. The highest BCUT2D eigenvalue weighted by Crippen LogP contribution is 2.32. The molecule has 0 unspecified atom stereocenters. The topological polar surface area (TPSA) is 61.2 Å². The van der Waals surface area contributed by atoms with E-state index < -0.39 is 15.8 Å². The van der Waals surface area contributed by atoms with Crippen molar-refractivity contribution < 1.29 is 12.8 Å². The Bertz CT molecular complexity index is 679. The van der Waals surface area contributed by atoms with E-state index in [0.717, 1.165) is 31.7 Å². The second kappa shape index (κ2) is 6.30. The van der Waals surface area contributed by atoms with Crippen LogP contribution in [0.2, 0.25) is 5.02 Å². The van der Waals surface area contributed by atoms with E-state index >= 15 is 0 Å². The second-order valence-corrected chi connectivity index (χ2v) is 7.44. The molecule has 0 saturated heterocycles. The SMILES string of the molecule is Cc1cc(S(=O)(=O)N(CC#N)C2CCCC2)c(Cl)cc1F. The quantitative estimate of drug-likeness (QED) is 0.796. The van der Waals surface area contributed by atoms with Crippen molar-refractivity contribution in [1.29, 1.82) is 5.26 Å². The number of halogens is 2. The second-order valence-electron chi connectivity index (χ2n) is 5.18. The number of nitriles is 1. The van der Waals surface area contributed by atoms with E-state index in [1.807, 2.05) is 6.07 Å². The van der Waals surface area contributed by atoms with Crippen LogP contribution in [0, 0.1) is 24.1 Å². The molecule has 4 nitrogen and oxygen atoms in total. The Morgan fingerprint density at radius 1 is 1.43 bits per heavy atom. The van der Waals surface area contributed by atoms with Crippen molar-refractivity contribution in [3.63, 3.8) is 0 Å². The molecule has 0 amide bonds. The number of nitrogens with zero attached hydrogens (tertiary/aromatic N) is 2. The molecule has 114 valence electrons. The van der Waals surface area contributed by atoms with Crippen LogP contribution in [0.5, 0.6) is 0 Å². The van der Waals surface area contributed by atoms with Crippen molar-refractivity contribution in [3.8, 4) is 6.07 Å². The highest BCUT2D eigenvalue weighted by molar-refractivity contribution is 7.89. The summed E-state index contributed by atoms with van der Waals surface area (Å²) in [6.45, 7) is 1.26. The standard InChI is InChI=1S/C14H16ClFN2O2S/c1-10-8-14(12(15)9-13(10)16)21(19,20)18(7-6-17)11-4-2-3-5-11/h8-9,11H,2-5,7H2,1H3. The third kappa shape index (κ3) is 3.20. The van der Waals surface area contributed by atoms with Gasteiger partial charge in [-0.05, 0) is 37.5 Å². The van der Waals surface area contributed by atoms with Crippen LogP contribution in [-0.2, 0) is 10.0 Å². The van der Waals surface area contributed by atoms with Crippen LogP contribution < -0.4 is 0 Å². The fraction of sp³-hybridized carbons (Fsp3) is 0.500. The van der Waals surface area contributed by atoms with E-state index in [2.05, 4.69) is 0 Å². The lowest BCUT2D eigenvalue weighted by Crippen LogP contribution is -2.39. The van der Waals surface area contributed by atoms with Gasteiger partial charge in [0.05, 0.1) is 11.1 Å². The predicted octanol–water partition coefficient (Wildman–Crippen LogP) is 3.24. The zero-order valence-electron chi connectivity index (χ0n) is 11.6. The van der Waals surface area contributed by atoms with E-state index in [-0.39, 0.29) is 28.1 Å². The Labute approximate surface area is 129 Å². The average Bonchev–Trinajstić information content (AvgIpc) is 2.93. The van der Waals surface area contributed by atoms with Gasteiger partial charge in [0.15, 0.2) is 0 Å². The van der Waals surface area contributed by atoms with Gasteiger partial charge >= 0.3 is 0 Å². The van der Waals surface area contributed by atoms with E-state index in [9.17, 15) is 12.8 Å². The Balaban J connectivity index is 2.48. The molecule has 0 bridgehead atoms. The molecule has 0 N–H and O–H groups in total. The van der Waals surface area contributed by atoms with Gasteiger partial charge in [0, 0.05) is 6.04 Å². The summed E-state index contributed by atoms with van der Waals surface area (Å²) in [7, 11) is -3.90. The van der Waals surface area contributed by atoms with Crippen LogP contribution in [0.1, 0.15) is 31.2 Å². The van der Waals surface area contributed by atoms with Crippen LogP contribution in [0.4, 0.5) is 4.39 Å². The summed E-state index contributed by atoms with van der Waals surface area (Å²) in [6, 6.07) is 3.94. The third-order valence-electron chi connectivity index (χ3n) is 3.76. The number of aryl methyl sites for hydroxylation is 1. The van der Waals surface area contributed by atoms with Crippen LogP contribution in [0.3, 0.4) is 0 Å². The summed E-state index contributed by atoms with van der Waals surface area (Å²) in [5.41, 5.74) is 0.210. The molecule has 21 heavy (non-hydrogen) atoms. The zero-order chi connectivity index (χ0) is 15.6. The van der Waals surface area contributed by atoms with E-state index in [4.69, 9.17) is 16.9 Å². The Morgan fingerprint density at radius 2 is 2.05 bits per heavy atom. The summed E-state index contributed by atoms with van der Waals surface area (Å²) in [5.74, 6) is -0.549. The Kier molecular flexibility index (Phi) is 4.87. The van der Waals surface area contributed by atoms with Crippen molar-refractivity contribution in [1.82, 2.24) is 4.31 Å². The van der Waals surface area contributed by atoms with Gasteiger partial charge in [-0.25, -0.2) is 12.8 Å². The first-order chi connectivity index (χ1) is 9.87. The van der Waals surface area contributed by atoms with Crippen molar-refractivity contribution in [3.05, 3.63) is 28.5 Å². The predicted molar refractivity (Wildman–Crippen MR) is 77.9 cm³/mol. The Morgan fingerprint density at radius 3 is 2.62 bits per heavy atom. The smallest absolute Gasteiger partial charge is 0.207 e. The number of hydrogen-bond donors (Lipinski definition) is 0. The fourth-order valence-electron chi connectivity index (χ4n) is 2.63. The van der Waals surface area contributed by atoms with Crippen molar-refractivity contribution in [2.75, 3.05) is 6.54 Å². The minimum Gasteiger partial charge on any atom is -0.207 e. The Hall–Kier alpha value is -1.16. The van der Waals surface area contributed by atoms with Crippen LogP contribution in [0.25, 0.3) is 0 Å². The van der Waals surface area contributed by atoms with Gasteiger partial charge in [0.25, 0.3) is 0 Å². The average molecular weight is 331 g/mol. The van der Waals surface area contributed by atoms with Gasteiger partial charge in [-0.2, -0.15) is 9.57 Å². The monoisotopic (exact) mass is 330 g/mol. The van der Waals surface area contributed by atoms with E-state index in [1.54, 1.807) is 0 Å². The summed E-state index contributed by atoms with van der Waals surface area (Å²) in [5, 5.41) is 8.77. The normalized spacial score (nSPS) is 16.3. The molecule has 1 fully saturated rings. The molecule has 7 heteroatoms. The molecule has 1 aliphatic carbocycles. The zero-order valence-corrected chi connectivity index (χ0v) is 13.2. The molecule has 1 saturated carbocycles. The molecule has 1 aromatic rings. The van der Waals surface area contributed by atoms with Crippen molar-refractivity contribution in [2.45, 2.75) is 43.5 Å². The molecule has 0 aliphatic heterocycles. The fourth-order valence-corrected chi connectivity index (χ4v) is 4.78. The maximum absolute atomic E-state index is 13.5. The lowest BCUT2D eigenvalue weighted by atomic mass is 10.2. The molecule has 1 aliphatic rings. The number of benzene rings is 1. The van der Waals surface area contributed by atoms with Crippen LogP contribution >= 0.6 is 11.6 Å². The summed E-state index contributed by atoms with van der Waals surface area (Å²) < 4.78 is 40.2. The maximum atomic E-state index is 13.5. The minimum atomic E-state index is -3.90. The van der Waals surface area contributed by atoms with E-state index in [1.165, 1.54) is 17.3 Å². The van der Waals surface area contributed by atoms with Crippen molar-refractivity contribution in [2.24, 2.45) is 0 Å². The van der Waals surface area contributed by atoms with Gasteiger partial charge in [-0.3, -0.25) is 0 Å². The molecular formula is C14H16ClFN2O2S. The van der Waals surface area contributed by atoms with Gasteiger partial charge < -0.3 is 0 Å². The lowest BCUT2D eigenvalue weighted by molar-refractivity contribution is 0.350. The highest BCUT2D eigenvalue weighted by Gasteiger charge is 2.34. The van der Waals surface area contributed by atoms with Crippen LogP contribution in [0.15, 0.2) is 17.0 Å². The molecule has 1 aromatic carbocycles. The number of rotatable bonds is 4. The molecule has 0 heterocycles. The third-order valence-corrected chi connectivity index (χ3v) is 6.12. The maximum Gasteiger partial charge on any atom is 0.245 e. The van der Waals surface area contributed by atoms with Gasteiger partial charge in [0.1, 0.15) is 17.3 Å². The van der Waals surface area contributed by atoms with Crippen molar-refractivity contribution >= 4 is 21.6 Å². The summed E-state index contributed by atoms with van der Waals surface area (Å²) >= 11 is 5.91. The first-order valence-electron chi connectivity index (χ1n) is 6.72. The molecule has 0 spiro atoms. The molecule has 0 aromatic heterocycles. The largest absolute Gasteiger partial charge is 0.245 e. The molecule has 2 rings (SSSR count). The first-order valence-corrected chi connectivity index (χ1v) is 8.54. The molecule has 0 radical (unpaired) electrons.